The first kappa shape index (κ1) is 15.6. The van der Waals surface area contributed by atoms with Crippen LogP contribution in [0.3, 0.4) is 0 Å². The van der Waals surface area contributed by atoms with Gasteiger partial charge in [-0.1, -0.05) is 48.5 Å². The maximum absolute atomic E-state index is 13.1. The Morgan fingerprint density at radius 1 is 1.00 bits per heavy atom. The van der Waals surface area contributed by atoms with E-state index in [1.807, 2.05) is 60.4 Å². The molecule has 4 rings (SSSR count). The smallest absolute Gasteiger partial charge is 0.276 e. The number of amides is 1. The minimum Gasteiger partial charge on any atom is -0.330 e. The van der Waals surface area contributed by atoms with Crippen molar-refractivity contribution in [3.05, 3.63) is 77.6 Å². The number of aromatic nitrogens is 3. The Labute approximate surface area is 146 Å². The number of carbonyl (C=O) groups is 1. The van der Waals surface area contributed by atoms with Gasteiger partial charge in [-0.25, -0.2) is 0 Å². The molecule has 0 radical (unpaired) electrons. The number of benzene rings is 2. The zero-order valence-corrected chi connectivity index (χ0v) is 14.2. The van der Waals surface area contributed by atoms with Crippen molar-refractivity contribution in [1.82, 2.24) is 19.9 Å². The molecule has 1 aromatic heterocycles. The first-order valence-corrected chi connectivity index (χ1v) is 8.59. The zero-order chi connectivity index (χ0) is 17.2. The van der Waals surface area contributed by atoms with E-state index in [4.69, 9.17) is 0 Å². The van der Waals surface area contributed by atoms with Crippen molar-refractivity contribution in [3.8, 4) is 5.69 Å². The molecule has 1 saturated heterocycles. The van der Waals surface area contributed by atoms with Crippen molar-refractivity contribution < 1.29 is 4.79 Å². The van der Waals surface area contributed by atoms with Gasteiger partial charge < -0.3 is 4.90 Å². The summed E-state index contributed by atoms with van der Waals surface area (Å²) in [7, 11) is 0. The van der Waals surface area contributed by atoms with Gasteiger partial charge in [-0.15, -0.1) is 5.10 Å². The van der Waals surface area contributed by atoms with Gasteiger partial charge in [0.05, 0.1) is 17.4 Å². The topological polar surface area (TPSA) is 51.0 Å². The number of hydrogen-bond donors (Lipinski definition) is 0. The third-order valence-electron chi connectivity index (χ3n) is 4.67. The Morgan fingerprint density at radius 2 is 1.68 bits per heavy atom. The number of carbonyl (C=O) groups excluding carboxylic acids is 1. The van der Waals surface area contributed by atoms with E-state index in [1.54, 1.807) is 0 Å². The maximum Gasteiger partial charge on any atom is 0.276 e. The zero-order valence-electron chi connectivity index (χ0n) is 14.2. The molecule has 1 fully saturated rings. The van der Waals surface area contributed by atoms with Crippen molar-refractivity contribution in [3.63, 3.8) is 0 Å². The van der Waals surface area contributed by atoms with E-state index in [0.717, 1.165) is 25.1 Å². The fourth-order valence-corrected chi connectivity index (χ4v) is 3.42. The Bertz CT molecular complexity index is 873. The van der Waals surface area contributed by atoms with Crippen molar-refractivity contribution in [2.24, 2.45) is 0 Å². The molecule has 0 unspecified atom stereocenters. The predicted octanol–water partition coefficient (Wildman–Crippen LogP) is 3.55. The van der Waals surface area contributed by atoms with Crippen LogP contribution in [0.5, 0.6) is 0 Å². The lowest BCUT2D eigenvalue weighted by molar-refractivity contribution is 0.0728. The predicted molar refractivity (Wildman–Crippen MR) is 95.5 cm³/mol. The molecule has 1 aliphatic rings. The van der Waals surface area contributed by atoms with Crippen LogP contribution in [0.15, 0.2) is 60.7 Å². The van der Waals surface area contributed by atoms with Crippen LogP contribution in [0.25, 0.3) is 5.69 Å². The first-order valence-electron chi connectivity index (χ1n) is 8.59. The number of para-hydroxylation sites is 1. The van der Waals surface area contributed by atoms with Crippen molar-refractivity contribution in [2.75, 3.05) is 6.54 Å². The molecule has 2 aromatic carbocycles. The van der Waals surface area contributed by atoms with Crippen LogP contribution in [0.2, 0.25) is 0 Å². The van der Waals surface area contributed by atoms with Gasteiger partial charge in [0.2, 0.25) is 0 Å². The summed E-state index contributed by atoms with van der Waals surface area (Å²) in [5, 5.41) is 8.90. The fourth-order valence-electron chi connectivity index (χ4n) is 3.42. The van der Waals surface area contributed by atoms with Gasteiger partial charge in [0, 0.05) is 6.54 Å². The molecule has 3 aromatic rings. The molecule has 0 aliphatic carbocycles. The van der Waals surface area contributed by atoms with Gasteiger partial charge >= 0.3 is 0 Å². The number of nitrogens with zero attached hydrogens (tertiary/aromatic N) is 4. The Hall–Kier alpha value is -2.95. The van der Waals surface area contributed by atoms with Crippen LogP contribution in [-0.2, 0) is 0 Å². The van der Waals surface area contributed by atoms with Gasteiger partial charge in [-0.2, -0.15) is 9.90 Å². The molecule has 1 amide bonds. The number of likely N-dealkylation sites (tertiary alicyclic amines) is 1. The Kier molecular flexibility index (Phi) is 4.06. The summed E-state index contributed by atoms with van der Waals surface area (Å²) in [5.41, 5.74) is 3.13. The van der Waals surface area contributed by atoms with Crippen LogP contribution in [0.1, 0.15) is 40.6 Å². The molecule has 5 nitrogen and oxygen atoms in total. The molecular weight excluding hydrogens is 312 g/mol. The largest absolute Gasteiger partial charge is 0.330 e. The van der Waals surface area contributed by atoms with Crippen LogP contribution < -0.4 is 0 Å². The standard InChI is InChI=1S/C20H20N4O/c1-15-19(22-24(21-15)17-11-6-3-7-12-17)20(25)23-14-8-13-18(23)16-9-4-2-5-10-16/h2-7,9-12,18H,8,13-14H2,1H3/t18-/m1/s1. The van der Waals surface area contributed by atoms with E-state index in [2.05, 4.69) is 22.3 Å². The highest BCUT2D eigenvalue weighted by Gasteiger charge is 2.32. The molecule has 2 heterocycles. The van der Waals surface area contributed by atoms with E-state index >= 15 is 0 Å². The average Bonchev–Trinajstić information content (AvgIpc) is 3.30. The number of aryl methyl sites for hydroxylation is 1. The molecule has 1 atom stereocenters. The summed E-state index contributed by atoms with van der Waals surface area (Å²) in [6.45, 7) is 2.60. The number of rotatable bonds is 3. The molecule has 5 heteroatoms. The highest BCUT2D eigenvalue weighted by molar-refractivity contribution is 5.93. The summed E-state index contributed by atoms with van der Waals surface area (Å²) >= 11 is 0. The second-order valence-corrected chi connectivity index (χ2v) is 6.33. The highest BCUT2D eigenvalue weighted by Crippen LogP contribution is 2.33. The molecule has 1 aliphatic heterocycles. The summed E-state index contributed by atoms with van der Waals surface area (Å²) < 4.78 is 0. The van der Waals surface area contributed by atoms with Crippen molar-refractivity contribution in [2.45, 2.75) is 25.8 Å². The van der Waals surface area contributed by atoms with Crippen LogP contribution in [0, 0.1) is 6.92 Å². The van der Waals surface area contributed by atoms with Gasteiger partial charge in [-0.3, -0.25) is 4.79 Å². The fraction of sp³-hybridized carbons (Fsp3) is 0.250. The second kappa shape index (κ2) is 6.51. The van der Waals surface area contributed by atoms with E-state index < -0.39 is 0 Å². The molecular formula is C20H20N4O. The van der Waals surface area contributed by atoms with Gasteiger partial charge in [-0.05, 0) is 37.5 Å². The minimum atomic E-state index is -0.0361. The third-order valence-corrected chi connectivity index (χ3v) is 4.67. The molecule has 126 valence electrons. The summed E-state index contributed by atoms with van der Waals surface area (Å²) in [6.07, 6.45) is 2.00. The lowest BCUT2D eigenvalue weighted by atomic mass is 10.0. The summed E-state index contributed by atoms with van der Waals surface area (Å²) in [5.74, 6) is -0.0361. The van der Waals surface area contributed by atoms with Crippen LogP contribution >= 0.6 is 0 Å². The molecule has 0 spiro atoms. The Balaban J connectivity index is 1.64. The van der Waals surface area contributed by atoms with Crippen molar-refractivity contribution >= 4 is 5.91 Å². The van der Waals surface area contributed by atoms with E-state index in [0.29, 0.717) is 11.4 Å². The van der Waals surface area contributed by atoms with Crippen LogP contribution in [0.4, 0.5) is 0 Å². The van der Waals surface area contributed by atoms with E-state index in [9.17, 15) is 4.79 Å². The molecule has 0 N–H and O–H groups in total. The summed E-state index contributed by atoms with van der Waals surface area (Å²) in [4.78, 5) is 16.6. The monoisotopic (exact) mass is 332 g/mol. The Morgan fingerprint density at radius 3 is 2.40 bits per heavy atom. The normalized spacial score (nSPS) is 17.0. The lowest BCUT2D eigenvalue weighted by Gasteiger charge is -2.24. The van der Waals surface area contributed by atoms with Crippen molar-refractivity contribution in [1.29, 1.82) is 0 Å². The van der Waals surface area contributed by atoms with Gasteiger partial charge in [0.25, 0.3) is 5.91 Å². The third kappa shape index (κ3) is 2.93. The molecule has 0 saturated carbocycles. The first-order chi connectivity index (χ1) is 12.2. The lowest BCUT2D eigenvalue weighted by Crippen LogP contribution is -2.31. The van der Waals surface area contributed by atoms with E-state index in [-0.39, 0.29) is 11.9 Å². The average molecular weight is 332 g/mol. The maximum atomic E-state index is 13.1. The van der Waals surface area contributed by atoms with Gasteiger partial charge in [0.15, 0.2) is 5.69 Å². The van der Waals surface area contributed by atoms with E-state index in [1.165, 1.54) is 10.4 Å². The minimum absolute atomic E-state index is 0.0361. The van der Waals surface area contributed by atoms with Crippen LogP contribution in [-0.4, -0.2) is 32.3 Å². The summed E-state index contributed by atoms with van der Waals surface area (Å²) in [6, 6.07) is 20.0. The highest BCUT2D eigenvalue weighted by atomic mass is 16.2. The van der Waals surface area contributed by atoms with Gasteiger partial charge in [0.1, 0.15) is 0 Å². The SMILES string of the molecule is Cc1nn(-c2ccccc2)nc1C(=O)N1CCC[C@@H]1c1ccccc1. The molecule has 25 heavy (non-hydrogen) atoms. The quantitative estimate of drug-likeness (QED) is 0.737. The molecule has 0 bridgehead atoms. The second-order valence-electron chi connectivity index (χ2n) is 6.33. The number of hydrogen-bond acceptors (Lipinski definition) is 3.